The summed E-state index contributed by atoms with van der Waals surface area (Å²) in [6.45, 7) is 15.7. The van der Waals surface area contributed by atoms with Crippen LogP contribution in [-0.2, 0) is 58.1 Å². The van der Waals surface area contributed by atoms with Gasteiger partial charge in [0.2, 0.25) is 0 Å². The van der Waals surface area contributed by atoms with Gasteiger partial charge in [0.1, 0.15) is 0 Å². The second-order valence-corrected chi connectivity index (χ2v) is 15.9. The van der Waals surface area contributed by atoms with Crippen LogP contribution in [0.1, 0.15) is 95.8 Å². The molecule has 0 radical (unpaired) electrons. The molecule has 3 fully saturated rings. The first-order valence-electron chi connectivity index (χ1n) is 19.6. The number of rotatable bonds is 15. The van der Waals surface area contributed by atoms with Crippen molar-refractivity contribution in [3.05, 3.63) is 51.4 Å². The molecule has 0 spiro atoms. The van der Waals surface area contributed by atoms with Gasteiger partial charge in [0, 0.05) is 0 Å². The van der Waals surface area contributed by atoms with Crippen LogP contribution in [0.3, 0.4) is 0 Å². The summed E-state index contributed by atoms with van der Waals surface area (Å²) in [5.41, 5.74) is 1.90. The van der Waals surface area contributed by atoms with Crippen LogP contribution in [0.5, 0.6) is 0 Å². The first-order chi connectivity index (χ1) is 27.7. The normalized spacial score (nSPS) is 19.1. The van der Waals surface area contributed by atoms with E-state index in [9.17, 15) is 0 Å². The molecule has 0 amide bonds. The van der Waals surface area contributed by atoms with Crippen molar-refractivity contribution in [2.45, 2.75) is 117 Å². The third-order valence-electron chi connectivity index (χ3n) is 9.80. The summed E-state index contributed by atoms with van der Waals surface area (Å²) < 4.78 is 5.34. The zero-order valence-electron chi connectivity index (χ0n) is 33.8. The third kappa shape index (κ3) is 14.8. The fourth-order valence-electron chi connectivity index (χ4n) is 7.22. The SMILES string of the molecule is CCC1CCCN1c1cc(C)nc([N-]C=N[CH]=[W])n1.CCC1CCCN1c1cc([N-]C=N[CH]=[W])nc(C)n1.CCC1CCCN1c1nc(C)cc([N-]C=N[CH]=[W])n1. The van der Waals surface area contributed by atoms with E-state index in [-0.39, 0.29) is 0 Å². The van der Waals surface area contributed by atoms with Crippen molar-refractivity contribution < 1.29 is 58.1 Å². The van der Waals surface area contributed by atoms with Crippen molar-refractivity contribution >= 4 is 67.8 Å². The van der Waals surface area contributed by atoms with Crippen LogP contribution in [0.2, 0.25) is 0 Å². The molecule has 3 aliphatic rings. The zero-order valence-corrected chi connectivity index (χ0v) is 42.6. The summed E-state index contributed by atoms with van der Waals surface area (Å²) in [6, 6.07) is 7.65. The van der Waals surface area contributed by atoms with Gasteiger partial charge in [0.25, 0.3) is 0 Å². The van der Waals surface area contributed by atoms with Crippen molar-refractivity contribution in [1.82, 2.24) is 29.9 Å². The van der Waals surface area contributed by atoms with E-state index in [1.807, 2.05) is 39.0 Å². The summed E-state index contributed by atoms with van der Waals surface area (Å²) in [6.07, 6.45) is 15.5. The third-order valence-corrected chi connectivity index (χ3v) is 11.1. The van der Waals surface area contributed by atoms with E-state index in [4.69, 9.17) is 0 Å². The van der Waals surface area contributed by atoms with Crippen LogP contribution in [0.4, 0.5) is 35.2 Å². The second kappa shape index (κ2) is 25.3. The molecule has 0 aromatic carbocycles. The molecule has 6 rings (SSSR count). The summed E-state index contributed by atoms with van der Waals surface area (Å²) in [7, 11) is 0. The van der Waals surface area contributed by atoms with E-state index in [1.54, 1.807) is 26.3 Å². The van der Waals surface area contributed by atoms with Gasteiger partial charge in [-0.1, -0.05) is 0 Å². The zero-order chi connectivity index (χ0) is 41.0. The maximum atomic E-state index is 4.55. The topological polar surface area (TPSA) is 166 Å². The number of aliphatic imine (C=N–C) groups is 3. The molecule has 6 heterocycles. The van der Waals surface area contributed by atoms with Gasteiger partial charge in [-0.3, -0.25) is 0 Å². The van der Waals surface area contributed by atoms with E-state index in [2.05, 4.69) is 96.3 Å². The molecule has 3 aliphatic heterocycles. The molecule has 0 saturated carbocycles. The monoisotopic (exact) mass is 1280 g/mol. The second-order valence-electron chi connectivity index (χ2n) is 13.7. The van der Waals surface area contributed by atoms with E-state index in [1.165, 1.54) is 103 Å². The van der Waals surface area contributed by atoms with Crippen LogP contribution in [0.15, 0.2) is 33.2 Å². The predicted octanol–water partition coefficient (Wildman–Crippen LogP) is 7.51. The molecule has 0 aliphatic carbocycles. The Labute approximate surface area is 371 Å². The average molecular weight is 1280 g/mol. The number of anilines is 3. The van der Waals surface area contributed by atoms with E-state index >= 15 is 0 Å². The first-order valence-corrected chi connectivity index (χ1v) is 24.7. The van der Waals surface area contributed by atoms with Crippen LogP contribution in [-0.4, -0.2) is 100 Å². The Kier molecular flexibility index (Phi) is 20.6. The number of hydrogen-bond acceptors (Lipinski definition) is 12. The predicted molar refractivity (Wildman–Crippen MR) is 225 cm³/mol. The standard InChI is InChI=1S/3C13H18N5.3W/c1-4-11-6-5-7-18(11)13-8-12(15-9-14-3)16-10(2)17-13;1-4-11-6-5-7-18(11)12-8-10(2)16-13(17-12)15-9-14-3;1-4-11-6-5-7-18(11)13-16-10(2)8-12(17-13)15-9-14-3;;;/h3*3,8-9,11H,4-7H2,1-2H3;;;/q3*-1;;;. The Morgan fingerprint density at radius 2 is 1.05 bits per heavy atom. The number of hydrogen-bond donors (Lipinski definition) is 0. The molecular weight excluding hydrogens is 1230 g/mol. The minimum absolute atomic E-state index is 0.498. The Balaban J connectivity index is 0.000000189. The van der Waals surface area contributed by atoms with Crippen LogP contribution in [0.25, 0.3) is 16.0 Å². The molecule has 0 N–H and O–H groups in total. The quantitative estimate of drug-likeness (QED) is 0.111. The number of aryl methyl sites for hydroxylation is 3. The average Bonchev–Trinajstić information content (AvgIpc) is 4.00. The van der Waals surface area contributed by atoms with Gasteiger partial charge in [-0.2, -0.15) is 0 Å². The summed E-state index contributed by atoms with van der Waals surface area (Å²) in [4.78, 5) is 45.9. The molecular formula is C39H54N15W3-3. The van der Waals surface area contributed by atoms with Gasteiger partial charge in [-0.05, 0) is 0 Å². The van der Waals surface area contributed by atoms with Crippen molar-refractivity contribution in [1.29, 1.82) is 0 Å². The molecule has 3 saturated heterocycles. The van der Waals surface area contributed by atoms with E-state index < -0.39 is 0 Å². The van der Waals surface area contributed by atoms with Crippen LogP contribution < -0.4 is 14.7 Å². The number of nitrogens with zero attached hydrogens (tertiary/aromatic N) is 15. The molecule has 3 unspecified atom stereocenters. The van der Waals surface area contributed by atoms with Crippen molar-refractivity contribution in [2.24, 2.45) is 15.0 Å². The fraction of sp³-hybridized carbons (Fsp3) is 0.538. The van der Waals surface area contributed by atoms with E-state index in [0.29, 0.717) is 35.7 Å². The first kappa shape index (κ1) is 46.4. The summed E-state index contributed by atoms with van der Waals surface area (Å²) >= 11 is 3.92. The molecule has 3 aromatic heterocycles. The minimum atomic E-state index is 0.498. The molecule has 3 aromatic rings. The Morgan fingerprint density at radius 3 is 1.60 bits per heavy atom. The molecule has 3 atom stereocenters. The Hall–Kier alpha value is -3.28. The van der Waals surface area contributed by atoms with Gasteiger partial charge in [-0.15, -0.1) is 0 Å². The van der Waals surface area contributed by atoms with Gasteiger partial charge in [0.15, 0.2) is 0 Å². The molecule has 18 heteroatoms. The molecule has 57 heavy (non-hydrogen) atoms. The van der Waals surface area contributed by atoms with Crippen molar-refractivity contribution in [2.75, 3.05) is 34.3 Å². The molecule has 15 nitrogen and oxygen atoms in total. The van der Waals surface area contributed by atoms with Gasteiger partial charge >= 0.3 is 374 Å². The molecule has 306 valence electrons. The Morgan fingerprint density at radius 1 is 0.579 bits per heavy atom. The maximum absolute atomic E-state index is 4.55. The fourth-order valence-corrected chi connectivity index (χ4v) is 7.81. The van der Waals surface area contributed by atoms with Crippen molar-refractivity contribution in [3.8, 4) is 0 Å². The van der Waals surface area contributed by atoms with Gasteiger partial charge in [0.05, 0.1) is 0 Å². The summed E-state index contributed by atoms with van der Waals surface area (Å²) in [5.74, 6) is 5.43. The van der Waals surface area contributed by atoms with Crippen LogP contribution in [0, 0.1) is 20.8 Å². The van der Waals surface area contributed by atoms with E-state index in [0.717, 1.165) is 73.7 Å². The molecule has 0 bridgehead atoms. The van der Waals surface area contributed by atoms with Gasteiger partial charge in [-0.25, -0.2) is 0 Å². The Bertz CT molecular complexity index is 1630. The number of aromatic nitrogens is 6. The van der Waals surface area contributed by atoms with Crippen molar-refractivity contribution in [3.63, 3.8) is 0 Å². The van der Waals surface area contributed by atoms with Gasteiger partial charge < -0.3 is 0 Å². The van der Waals surface area contributed by atoms with Crippen LogP contribution >= 0.6 is 0 Å². The summed E-state index contributed by atoms with van der Waals surface area (Å²) in [5, 5.41) is 12.7.